The van der Waals surface area contributed by atoms with Gasteiger partial charge in [-0.3, -0.25) is 0 Å². The SMILES string of the molecule is CCNCc1noc(-c2ccc(Br)cc2C)n1. The Morgan fingerprint density at radius 2 is 2.24 bits per heavy atom. The first-order valence-corrected chi connectivity index (χ1v) is 6.30. The normalized spacial score (nSPS) is 10.8. The Kier molecular flexibility index (Phi) is 3.91. The van der Waals surface area contributed by atoms with Crippen LogP contribution in [0.15, 0.2) is 27.2 Å². The van der Waals surface area contributed by atoms with Crippen LogP contribution in [-0.4, -0.2) is 16.7 Å². The van der Waals surface area contributed by atoms with Gasteiger partial charge in [0, 0.05) is 10.0 Å². The minimum atomic E-state index is 0.572. The van der Waals surface area contributed by atoms with Crippen molar-refractivity contribution in [2.24, 2.45) is 0 Å². The molecule has 17 heavy (non-hydrogen) atoms. The summed E-state index contributed by atoms with van der Waals surface area (Å²) in [6.45, 7) is 5.59. The van der Waals surface area contributed by atoms with E-state index < -0.39 is 0 Å². The maximum absolute atomic E-state index is 5.25. The third-order valence-electron chi connectivity index (χ3n) is 2.42. The smallest absolute Gasteiger partial charge is 0.258 e. The summed E-state index contributed by atoms with van der Waals surface area (Å²) in [6.07, 6.45) is 0. The van der Waals surface area contributed by atoms with Gasteiger partial charge in [-0.1, -0.05) is 28.0 Å². The zero-order chi connectivity index (χ0) is 12.3. The average Bonchev–Trinajstić information content (AvgIpc) is 2.75. The molecule has 0 fully saturated rings. The van der Waals surface area contributed by atoms with Gasteiger partial charge in [0.05, 0.1) is 6.54 Å². The molecule has 1 heterocycles. The summed E-state index contributed by atoms with van der Waals surface area (Å²) in [7, 11) is 0. The Hall–Kier alpha value is -1.20. The molecular formula is C12H14BrN3O. The molecular weight excluding hydrogens is 282 g/mol. The molecule has 4 nitrogen and oxygen atoms in total. The van der Waals surface area contributed by atoms with Gasteiger partial charge in [-0.15, -0.1) is 0 Å². The highest BCUT2D eigenvalue weighted by Crippen LogP contribution is 2.24. The van der Waals surface area contributed by atoms with Crippen molar-refractivity contribution >= 4 is 15.9 Å². The van der Waals surface area contributed by atoms with Crippen LogP contribution in [0.4, 0.5) is 0 Å². The van der Waals surface area contributed by atoms with Crippen molar-refractivity contribution in [3.63, 3.8) is 0 Å². The standard InChI is InChI=1S/C12H14BrN3O/c1-3-14-7-11-15-12(17-16-11)10-5-4-9(13)6-8(10)2/h4-6,14H,3,7H2,1-2H3. The molecule has 1 aromatic carbocycles. The van der Waals surface area contributed by atoms with Crippen molar-refractivity contribution in [1.29, 1.82) is 0 Å². The van der Waals surface area contributed by atoms with E-state index in [0.717, 1.165) is 22.1 Å². The van der Waals surface area contributed by atoms with E-state index in [0.29, 0.717) is 18.3 Å². The molecule has 90 valence electrons. The molecule has 0 spiro atoms. The fraction of sp³-hybridized carbons (Fsp3) is 0.333. The van der Waals surface area contributed by atoms with Crippen LogP contribution in [0.25, 0.3) is 11.5 Å². The Bertz CT molecular complexity index is 510. The lowest BCUT2D eigenvalue weighted by atomic mass is 10.1. The first-order valence-electron chi connectivity index (χ1n) is 5.50. The number of benzene rings is 1. The minimum absolute atomic E-state index is 0.572. The molecule has 2 rings (SSSR count). The molecule has 2 aromatic rings. The quantitative estimate of drug-likeness (QED) is 0.942. The molecule has 0 aliphatic heterocycles. The number of hydrogen-bond donors (Lipinski definition) is 1. The maximum Gasteiger partial charge on any atom is 0.258 e. The van der Waals surface area contributed by atoms with E-state index in [2.05, 4.69) is 31.4 Å². The topological polar surface area (TPSA) is 51.0 Å². The van der Waals surface area contributed by atoms with Gasteiger partial charge in [0.15, 0.2) is 5.82 Å². The van der Waals surface area contributed by atoms with Crippen LogP contribution in [0.5, 0.6) is 0 Å². The van der Waals surface area contributed by atoms with Crippen molar-refractivity contribution in [3.05, 3.63) is 34.1 Å². The van der Waals surface area contributed by atoms with Crippen molar-refractivity contribution in [1.82, 2.24) is 15.5 Å². The van der Waals surface area contributed by atoms with Gasteiger partial charge < -0.3 is 9.84 Å². The zero-order valence-electron chi connectivity index (χ0n) is 9.83. The Balaban J connectivity index is 2.24. The second-order valence-electron chi connectivity index (χ2n) is 3.76. The third kappa shape index (κ3) is 2.92. The number of hydrogen-bond acceptors (Lipinski definition) is 4. The van der Waals surface area contributed by atoms with Crippen molar-refractivity contribution < 1.29 is 4.52 Å². The number of aryl methyl sites for hydroxylation is 1. The minimum Gasteiger partial charge on any atom is -0.334 e. The summed E-state index contributed by atoms with van der Waals surface area (Å²) in [5.74, 6) is 1.26. The van der Waals surface area contributed by atoms with E-state index in [1.54, 1.807) is 0 Å². The predicted octanol–water partition coefficient (Wildman–Crippen LogP) is 2.92. The second-order valence-corrected chi connectivity index (χ2v) is 4.67. The summed E-state index contributed by atoms with van der Waals surface area (Å²) in [5, 5.41) is 7.09. The molecule has 1 aromatic heterocycles. The van der Waals surface area contributed by atoms with Crippen LogP contribution in [-0.2, 0) is 6.54 Å². The lowest BCUT2D eigenvalue weighted by Crippen LogP contribution is -2.12. The highest BCUT2D eigenvalue weighted by atomic mass is 79.9. The number of rotatable bonds is 4. The van der Waals surface area contributed by atoms with Crippen LogP contribution < -0.4 is 5.32 Å². The van der Waals surface area contributed by atoms with Crippen LogP contribution in [0.3, 0.4) is 0 Å². The van der Waals surface area contributed by atoms with Crippen molar-refractivity contribution in [3.8, 4) is 11.5 Å². The molecule has 0 saturated heterocycles. The number of nitrogens with one attached hydrogen (secondary N) is 1. The first kappa shape index (κ1) is 12.3. The first-order chi connectivity index (χ1) is 8.20. The van der Waals surface area contributed by atoms with Crippen molar-refractivity contribution in [2.45, 2.75) is 20.4 Å². The largest absolute Gasteiger partial charge is 0.334 e. The number of aromatic nitrogens is 2. The van der Waals surface area contributed by atoms with E-state index in [1.165, 1.54) is 0 Å². The Labute approximate surface area is 109 Å². The van der Waals surface area contributed by atoms with Gasteiger partial charge in [-0.25, -0.2) is 0 Å². The molecule has 0 aliphatic carbocycles. The molecule has 0 radical (unpaired) electrons. The van der Waals surface area contributed by atoms with E-state index in [1.807, 2.05) is 32.0 Å². The van der Waals surface area contributed by atoms with Gasteiger partial charge in [0.1, 0.15) is 0 Å². The van der Waals surface area contributed by atoms with E-state index in [4.69, 9.17) is 4.52 Å². The summed E-state index contributed by atoms with van der Waals surface area (Å²) in [5.41, 5.74) is 2.08. The Morgan fingerprint density at radius 1 is 1.41 bits per heavy atom. The lowest BCUT2D eigenvalue weighted by molar-refractivity contribution is 0.419. The highest BCUT2D eigenvalue weighted by molar-refractivity contribution is 9.10. The lowest BCUT2D eigenvalue weighted by Gasteiger charge is -2.00. The summed E-state index contributed by atoms with van der Waals surface area (Å²) in [6, 6.07) is 5.98. The fourth-order valence-corrected chi connectivity index (χ4v) is 2.01. The maximum atomic E-state index is 5.25. The highest BCUT2D eigenvalue weighted by Gasteiger charge is 2.10. The van der Waals surface area contributed by atoms with E-state index in [-0.39, 0.29) is 0 Å². The van der Waals surface area contributed by atoms with Crippen LogP contribution in [0.2, 0.25) is 0 Å². The summed E-state index contributed by atoms with van der Waals surface area (Å²) < 4.78 is 6.30. The molecule has 0 aliphatic rings. The van der Waals surface area contributed by atoms with Crippen LogP contribution in [0.1, 0.15) is 18.3 Å². The van der Waals surface area contributed by atoms with E-state index in [9.17, 15) is 0 Å². The van der Waals surface area contributed by atoms with Gasteiger partial charge in [-0.05, 0) is 37.2 Å². The molecule has 0 unspecified atom stereocenters. The van der Waals surface area contributed by atoms with Gasteiger partial charge in [-0.2, -0.15) is 4.98 Å². The van der Waals surface area contributed by atoms with Gasteiger partial charge >= 0.3 is 0 Å². The number of halogens is 1. The Morgan fingerprint density at radius 3 is 2.94 bits per heavy atom. The van der Waals surface area contributed by atoms with E-state index >= 15 is 0 Å². The van der Waals surface area contributed by atoms with Crippen LogP contribution in [0, 0.1) is 6.92 Å². The third-order valence-corrected chi connectivity index (χ3v) is 2.91. The van der Waals surface area contributed by atoms with Crippen LogP contribution >= 0.6 is 15.9 Å². The number of nitrogens with zero attached hydrogens (tertiary/aromatic N) is 2. The molecule has 0 atom stereocenters. The molecule has 0 amide bonds. The van der Waals surface area contributed by atoms with Gasteiger partial charge in [0.25, 0.3) is 5.89 Å². The molecule has 5 heteroatoms. The second kappa shape index (κ2) is 5.42. The fourth-order valence-electron chi connectivity index (χ4n) is 1.54. The zero-order valence-corrected chi connectivity index (χ0v) is 11.4. The molecule has 1 N–H and O–H groups in total. The molecule has 0 saturated carbocycles. The summed E-state index contributed by atoms with van der Waals surface area (Å²) >= 11 is 3.43. The van der Waals surface area contributed by atoms with Gasteiger partial charge in [0.2, 0.25) is 0 Å². The molecule has 0 bridgehead atoms. The monoisotopic (exact) mass is 295 g/mol. The summed E-state index contributed by atoms with van der Waals surface area (Å²) in [4.78, 5) is 4.35. The average molecular weight is 296 g/mol. The predicted molar refractivity (Wildman–Crippen MR) is 69.6 cm³/mol. The van der Waals surface area contributed by atoms with Crippen molar-refractivity contribution in [2.75, 3.05) is 6.54 Å².